The minimum absolute atomic E-state index is 0.00967. The SMILES string of the molecule is CCOC(=O)c1c(C)oc2c(Cl)cc(NS(=O)(=O)c3cc(Cl)ccc3Cl)cc12. The first kappa shape index (κ1) is 20.8. The Balaban J connectivity index is 2.10. The molecule has 0 radical (unpaired) electrons. The number of esters is 1. The quantitative estimate of drug-likeness (QED) is 0.493. The van der Waals surface area contributed by atoms with Gasteiger partial charge in [-0.25, -0.2) is 13.2 Å². The third kappa shape index (κ3) is 3.93. The number of carbonyl (C=O) groups is 1. The fourth-order valence-electron chi connectivity index (χ4n) is 2.69. The fourth-order valence-corrected chi connectivity index (χ4v) is 4.75. The molecule has 0 saturated heterocycles. The van der Waals surface area contributed by atoms with E-state index >= 15 is 0 Å². The predicted molar refractivity (Wildman–Crippen MR) is 109 cm³/mol. The number of halogens is 3. The number of hydrogen-bond donors (Lipinski definition) is 1. The van der Waals surface area contributed by atoms with E-state index in [9.17, 15) is 13.2 Å². The predicted octanol–water partition coefficient (Wildman–Crippen LogP) is 5.68. The summed E-state index contributed by atoms with van der Waals surface area (Å²) < 4.78 is 38.5. The zero-order valence-corrected chi connectivity index (χ0v) is 17.8. The maximum absolute atomic E-state index is 12.7. The smallest absolute Gasteiger partial charge is 0.342 e. The van der Waals surface area contributed by atoms with E-state index in [2.05, 4.69) is 4.72 Å². The lowest BCUT2D eigenvalue weighted by atomic mass is 10.1. The average Bonchev–Trinajstić information content (AvgIpc) is 2.93. The van der Waals surface area contributed by atoms with Gasteiger partial charge in [0.2, 0.25) is 0 Å². The summed E-state index contributed by atoms with van der Waals surface area (Å²) in [4.78, 5) is 12.1. The van der Waals surface area contributed by atoms with E-state index in [1.165, 1.54) is 30.3 Å². The Bertz CT molecular complexity index is 1190. The van der Waals surface area contributed by atoms with Gasteiger partial charge in [0.15, 0.2) is 5.58 Å². The van der Waals surface area contributed by atoms with Crippen molar-refractivity contribution in [1.82, 2.24) is 0 Å². The van der Waals surface area contributed by atoms with Crippen LogP contribution in [0.3, 0.4) is 0 Å². The zero-order valence-electron chi connectivity index (χ0n) is 14.7. The largest absolute Gasteiger partial charge is 0.462 e. The molecule has 0 amide bonds. The molecule has 1 N–H and O–H groups in total. The van der Waals surface area contributed by atoms with Crippen LogP contribution >= 0.6 is 34.8 Å². The Kier molecular flexibility index (Phi) is 5.82. The molecule has 2 aromatic carbocycles. The number of benzene rings is 2. The van der Waals surface area contributed by atoms with E-state index < -0.39 is 16.0 Å². The van der Waals surface area contributed by atoms with Gasteiger partial charge in [0, 0.05) is 10.4 Å². The van der Waals surface area contributed by atoms with Gasteiger partial charge in [0.05, 0.1) is 22.3 Å². The minimum Gasteiger partial charge on any atom is -0.462 e. The van der Waals surface area contributed by atoms with E-state index in [4.69, 9.17) is 44.0 Å². The molecule has 1 aromatic heterocycles. The zero-order chi connectivity index (χ0) is 20.6. The standard InChI is InChI=1S/C18H14Cl3NO5S/c1-3-26-18(23)16-9(2)27-17-12(16)7-11(8-14(17)21)22-28(24,25)15-6-10(19)4-5-13(15)20/h4-8,22H,3H2,1-2H3. The molecule has 0 aliphatic heterocycles. The van der Waals surface area contributed by atoms with Crippen molar-refractivity contribution in [3.63, 3.8) is 0 Å². The molecule has 28 heavy (non-hydrogen) atoms. The Morgan fingerprint density at radius 1 is 1.14 bits per heavy atom. The van der Waals surface area contributed by atoms with Crippen LogP contribution in [0.2, 0.25) is 15.1 Å². The molecule has 0 unspecified atom stereocenters. The van der Waals surface area contributed by atoms with Gasteiger partial charge in [-0.3, -0.25) is 4.72 Å². The van der Waals surface area contributed by atoms with Crippen molar-refractivity contribution < 1.29 is 22.4 Å². The topological polar surface area (TPSA) is 85.6 Å². The number of sulfonamides is 1. The van der Waals surface area contributed by atoms with Crippen molar-refractivity contribution in [3.8, 4) is 0 Å². The molecule has 0 fully saturated rings. The van der Waals surface area contributed by atoms with Gasteiger partial charge in [-0.05, 0) is 44.2 Å². The van der Waals surface area contributed by atoms with Gasteiger partial charge in [0.25, 0.3) is 10.0 Å². The summed E-state index contributed by atoms with van der Waals surface area (Å²) in [7, 11) is -4.06. The van der Waals surface area contributed by atoms with Crippen LogP contribution in [-0.4, -0.2) is 21.0 Å². The summed E-state index contributed by atoms with van der Waals surface area (Å²) >= 11 is 18.1. The number of ether oxygens (including phenoxy) is 1. The van der Waals surface area contributed by atoms with Crippen LogP contribution in [0, 0.1) is 6.92 Å². The van der Waals surface area contributed by atoms with Gasteiger partial charge in [-0.15, -0.1) is 0 Å². The van der Waals surface area contributed by atoms with Gasteiger partial charge in [-0.2, -0.15) is 0 Å². The lowest BCUT2D eigenvalue weighted by Crippen LogP contribution is -2.13. The molecule has 0 aliphatic carbocycles. The number of rotatable bonds is 5. The van der Waals surface area contributed by atoms with Crippen LogP contribution in [0.15, 0.2) is 39.6 Å². The molecule has 0 bridgehead atoms. The van der Waals surface area contributed by atoms with Crippen molar-refractivity contribution in [1.29, 1.82) is 0 Å². The average molecular weight is 463 g/mol. The number of fused-ring (bicyclic) bond motifs is 1. The second kappa shape index (κ2) is 7.83. The van der Waals surface area contributed by atoms with E-state index in [-0.39, 0.29) is 43.4 Å². The van der Waals surface area contributed by atoms with E-state index in [1.807, 2.05) is 0 Å². The molecule has 0 atom stereocenters. The lowest BCUT2D eigenvalue weighted by molar-refractivity contribution is 0.0526. The van der Waals surface area contributed by atoms with Gasteiger partial charge in [-0.1, -0.05) is 34.8 Å². The van der Waals surface area contributed by atoms with Crippen molar-refractivity contribution in [3.05, 3.63) is 56.7 Å². The van der Waals surface area contributed by atoms with Crippen LogP contribution < -0.4 is 4.72 Å². The Morgan fingerprint density at radius 2 is 1.86 bits per heavy atom. The van der Waals surface area contributed by atoms with Crippen LogP contribution in [-0.2, 0) is 14.8 Å². The third-order valence-electron chi connectivity index (χ3n) is 3.83. The van der Waals surface area contributed by atoms with E-state index in [0.717, 1.165) is 0 Å². The number of furan rings is 1. The maximum Gasteiger partial charge on any atom is 0.342 e. The second-order valence-electron chi connectivity index (χ2n) is 5.77. The number of hydrogen-bond acceptors (Lipinski definition) is 5. The van der Waals surface area contributed by atoms with E-state index in [1.54, 1.807) is 13.8 Å². The van der Waals surface area contributed by atoms with Gasteiger partial charge < -0.3 is 9.15 Å². The summed E-state index contributed by atoms with van der Waals surface area (Å²) in [6, 6.07) is 6.91. The van der Waals surface area contributed by atoms with E-state index in [0.29, 0.717) is 11.1 Å². The van der Waals surface area contributed by atoms with Gasteiger partial charge in [0.1, 0.15) is 16.2 Å². The molecule has 1 heterocycles. The molecule has 3 aromatic rings. The van der Waals surface area contributed by atoms with Crippen molar-refractivity contribution in [2.45, 2.75) is 18.7 Å². The summed E-state index contributed by atoms with van der Waals surface area (Å²) in [6.07, 6.45) is 0. The third-order valence-corrected chi connectivity index (χ3v) is 6.21. The summed E-state index contributed by atoms with van der Waals surface area (Å²) in [5, 5.41) is 0.688. The molecule has 0 spiro atoms. The molecule has 10 heteroatoms. The maximum atomic E-state index is 12.7. The summed E-state index contributed by atoms with van der Waals surface area (Å²) in [5.41, 5.74) is 0.562. The molecular formula is C18H14Cl3NO5S. The Labute approximate surface area is 176 Å². The first-order chi connectivity index (χ1) is 13.1. The highest BCUT2D eigenvalue weighted by Gasteiger charge is 2.24. The molecule has 148 valence electrons. The van der Waals surface area contributed by atoms with Crippen LogP contribution in [0.25, 0.3) is 11.0 Å². The fraction of sp³-hybridized carbons (Fsp3) is 0.167. The molecule has 0 saturated carbocycles. The van der Waals surface area contributed by atoms with Crippen molar-refractivity contribution in [2.24, 2.45) is 0 Å². The van der Waals surface area contributed by atoms with Crippen LogP contribution in [0.5, 0.6) is 0 Å². The molecule has 0 aliphatic rings. The summed E-state index contributed by atoms with van der Waals surface area (Å²) in [5.74, 6) is -0.277. The lowest BCUT2D eigenvalue weighted by Gasteiger charge is -2.11. The highest BCUT2D eigenvalue weighted by atomic mass is 35.5. The Morgan fingerprint density at radius 3 is 2.54 bits per heavy atom. The normalized spacial score (nSPS) is 11.6. The number of nitrogens with one attached hydrogen (secondary N) is 1. The highest BCUT2D eigenvalue weighted by Crippen LogP contribution is 2.35. The molecule has 6 nitrogen and oxygen atoms in total. The van der Waals surface area contributed by atoms with Crippen molar-refractivity contribution in [2.75, 3.05) is 11.3 Å². The number of aryl methyl sites for hydroxylation is 1. The second-order valence-corrected chi connectivity index (χ2v) is 8.67. The van der Waals surface area contributed by atoms with Gasteiger partial charge >= 0.3 is 5.97 Å². The number of carbonyl (C=O) groups excluding carboxylic acids is 1. The van der Waals surface area contributed by atoms with Crippen molar-refractivity contribution >= 4 is 67.5 Å². The summed E-state index contributed by atoms with van der Waals surface area (Å²) in [6.45, 7) is 3.45. The Hall–Kier alpha value is -1.93. The minimum atomic E-state index is -4.06. The first-order valence-corrected chi connectivity index (χ1v) is 10.6. The number of anilines is 1. The highest BCUT2D eigenvalue weighted by molar-refractivity contribution is 7.92. The molecule has 3 rings (SSSR count). The van der Waals surface area contributed by atoms with Crippen LogP contribution in [0.1, 0.15) is 23.0 Å². The molecular weight excluding hydrogens is 449 g/mol. The first-order valence-electron chi connectivity index (χ1n) is 8.01. The van der Waals surface area contributed by atoms with Crippen LogP contribution in [0.4, 0.5) is 5.69 Å². The monoisotopic (exact) mass is 461 g/mol.